The first kappa shape index (κ1) is 24.3. The second-order valence-electron chi connectivity index (χ2n) is 8.46. The number of rotatable bonds is 5. The number of aliphatic hydroxyl groups is 1. The van der Waals surface area contributed by atoms with Crippen LogP contribution < -0.4 is 9.64 Å². The number of aromatic nitrogens is 5. The Labute approximate surface area is 204 Å². The van der Waals surface area contributed by atoms with E-state index in [9.17, 15) is 9.90 Å². The number of nitrogens with zero attached hydrogens (tertiary/aromatic N) is 5. The Hall–Kier alpha value is -3.83. The van der Waals surface area contributed by atoms with Crippen LogP contribution in [0.4, 0.5) is 20.7 Å². The minimum Gasteiger partial charge on any atom is -0.480 e. The lowest BCUT2D eigenvalue weighted by Gasteiger charge is -2.27. The fourth-order valence-corrected chi connectivity index (χ4v) is 3.51. The van der Waals surface area contributed by atoms with Gasteiger partial charge in [0.2, 0.25) is 11.8 Å². The maximum absolute atomic E-state index is 15.3. The van der Waals surface area contributed by atoms with Gasteiger partial charge in [0.25, 0.3) is 0 Å². The van der Waals surface area contributed by atoms with E-state index in [-0.39, 0.29) is 28.1 Å². The van der Waals surface area contributed by atoms with Crippen molar-refractivity contribution >= 4 is 40.2 Å². The van der Waals surface area contributed by atoms with Crippen molar-refractivity contribution in [3.63, 3.8) is 0 Å². The lowest BCUT2D eigenvalue weighted by Crippen LogP contribution is -2.34. The largest absolute Gasteiger partial charge is 0.480 e. The zero-order chi connectivity index (χ0) is 25.3. The Kier molecular flexibility index (Phi) is 6.55. The second kappa shape index (κ2) is 9.43. The highest BCUT2D eigenvalue weighted by Gasteiger charge is 2.28. The van der Waals surface area contributed by atoms with E-state index in [1.54, 1.807) is 20.8 Å². The number of nitrogens with one attached hydrogen (secondary N) is 1. The molecule has 4 aromatic heterocycles. The van der Waals surface area contributed by atoms with Gasteiger partial charge in [0, 0.05) is 17.3 Å². The Morgan fingerprint density at radius 3 is 2.57 bits per heavy atom. The summed E-state index contributed by atoms with van der Waals surface area (Å²) >= 11 is 5.87. The average molecular weight is 501 g/mol. The number of carbonyl (C=O) groups is 1. The molecule has 0 saturated heterocycles. The highest BCUT2D eigenvalue weighted by molar-refractivity contribution is 6.29. The molecule has 1 amide bonds. The van der Waals surface area contributed by atoms with E-state index in [1.165, 1.54) is 50.1 Å². The van der Waals surface area contributed by atoms with Gasteiger partial charge in [-0.25, -0.2) is 29.6 Å². The molecule has 4 aromatic rings. The quantitative estimate of drug-likeness (QED) is 0.377. The zero-order valence-corrected chi connectivity index (χ0v) is 20.0. The minimum absolute atomic E-state index is 0.0725. The molecule has 4 heterocycles. The number of amides is 1. The molecule has 0 aliphatic carbocycles. The summed E-state index contributed by atoms with van der Waals surface area (Å²) in [5, 5.41) is 11.6. The summed E-state index contributed by atoms with van der Waals surface area (Å²) in [7, 11) is 1.43. The summed E-state index contributed by atoms with van der Waals surface area (Å²) in [6, 6.07) is 5.73. The van der Waals surface area contributed by atoms with Crippen LogP contribution in [-0.2, 0) is 4.74 Å². The number of halogens is 2. The molecule has 2 N–H and O–H groups in total. The highest BCUT2D eigenvalue weighted by atomic mass is 35.5. The monoisotopic (exact) mass is 500 g/mol. The molecular weight excluding hydrogens is 479 g/mol. The molecule has 0 radical (unpaired) electrons. The third-order valence-corrected chi connectivity index (χ3v) is 5.11. The SMILES string of the molecule is COc1ncnc2[nH]cc(C(O)c3ccc(N(C(=O)OC(C)(C)C)c4ccc(Cl)nc4)nc3F)c12. The van der Waals surface area contributed by atoms with Gasteiger partial charge in [-0.3, -0.25) is 0 Å². The van der Waals surface area contributed by atoms with Crippen molar-refractivity contribution in [2.24, 2.45) is 0 Å². The molecule has 0 aliphatic heterocycles. The van der Waals surface area contributed by atoms with E-state index in [1.807, 2.05) is 0 Å². The summed E-state index contributed by atoms with van der Waals surface area (Å²) in [6.45, 7) is 5.11. The maximum Gasteiger partial charge on any atom is 0.420 e. The summed E-state index contributed by atoms with van der Waals surface area (Å²) in [5.74, 6) is -0.839. The minimum atomic E-state index is -1.42. The van der Waals surface area contributed by atoms with Gasteiger partial charge >= 0.3 is 6.09 Å². The predicted molar refractivity (Wildman–Crippen MR) is 126 cm³/mol. The van der Waals surface area contributed by atoms with Gasteiger partial charge in [-0.15, -0.1) is 0 Å². The fraction of sp³-hybridized carbons (Fsp3) is 0.261. The van der Waals surface area contributed by atoms with Crippen molar-refractivity contribution in [2.75, 3.05) is 12.0 Å². The first-order chi connectivity index (χ1) is 16.6. The van der Waals surface area contributed by atoms with Crippen LogP contribution in [0, 0.1) is 5.95 Å². The second-order valence-corrected chi connectivity index (χ2v) is 8.84. The van der Waals surface area contributed by atoms with Crippen LogP contribution in [0.5, 0.6) is 5.88 Å². The van der Waals surface area contributed by atoms with Gasteiger partial charge in [0.15, 0.2) is 0 Å². The van der Waals surface area contributed by atoms with Gasteiger partial charge < -0.3 is 19.6 Å². The van der Waals surface area contributed by atoms with Crippen LogP contribution in [0.2, 0.25) is 5.15 Å². The van der Waals surface area contributed by atoms with Crippen LogP contribution in [0.15, 0.2) is 43.0 Å². The Morgan fingerprint density at radius 1 is 1.17 bits per heavy atom. The summed E-state index contributed by atoms with van der Waals surface area (Å²) < 4.78 is 26.0. The molecule has 0 bridgehead atoms. The highest BCUT2D eigenvalue weighted by Crippen LogP contribution is 2.35. The van der Waals surface area contributed by atoms with E-state index in [0.717, 1.165) is 4.90 Å². The van der Waals surface area contributed by atoms with E-state index < -0.39 is 23.7 Å². The van der Waals surface area contributed by atoms with Crippen molar-refractivity contribution in [3.05, 3.63) is 65.2 Å². The molecule has 0 spiro atoms. The molecule has 35 heavy (non-hydrogen) atoms. The van der Waals surface area contributed by atoms with Crippen molar-refractivity contribution in [3.8, 4) is 5.88 Å². The van der Waals surface area contributed by atoms with Gasteiger partial charge in [0.05, 0.1) is 24.4 Å². The molecule has 10 nitrogen and oxygen atoms in total. The van der Waals surface area contributed by atoms with E-state index in [4.69, 9.17) is 21.1 Å². The summed E-state index contributed by atoms with van der Waals surface area (Å²) in [5.41, 5.74) is 0.0423. The Morgan fingerprint density at radius 2 is 1.94 bits per heavy atom. The molecule has 1 atom stereocenters. The summed E-state index contributed by atoms with van der Waals surface area (Å²) in [6.07, 6.45) is 1.93. The number of H-pyrrole nitrogens is 1. The molecule has 4 rings (SSSR count). The molecule has 12 heteroatoms. The first-order valence-electron chi connectivity index (χ1n) is 10.4. The molecule has 0 aliphatic rings. The standard InChI is InChI=1S/C23H22ClFN6O4/c1-23(2,3)35-22(33)31(12-5-7-15(24)26-9-12)16-8-6-13(19(25)30-16)18(32)14-10-27-20-17(14)21(34-4)29-11-28-20/h5-11,18,32H,1-4H3,(H,27,28,29). The molecule has 0 aromatic carbocycles. The van der Waals surface area contributed by atoms with Crippen LogP contribution in [-0.4, -0.2) is 48.8 Å². The van der Waals surface area contributed by atoms with Gasteiger partial charge in [-0.05, 0) is 45.0 Å². The van der Waals surface area contributed by atoms with E-state index in [2.05, 4.69) is 24.9 Å². The van der Waals surface area contributed by atoms with Crippen LogP contribution in [0.1, 0.15) is 38.0 Å². The number of pyridine rings is 2. The predicted octanol–water partition coefficient (Wildman–Crippen LogP) is 4.70. The molecule has 1 unspecified atom stereocenters. The molecule has 0 saturated carbocycles. The van der Waals surface area contributed by atoms with Crippen molar-refractivity contribution in [1.29, 1.82) is 0 Å². The normalized spacial score (nSPS) is 12.4. The first-order valence-corrected chi connectivity index (χ1v) is 10.8. The average Bonchev–Trinajstić information content (AvgIpc) is 3.23. The lowest BCUT2D eigenvalue weighted by atomic mass is 10.0. The fourth-order valence-electron chi connectivity index (χ4n) is 3.40. The third kappa shape index (κ3) is 5.00. The van der Waals surface area contributed by atoms with Crippen molar-refractivity contribution in [2.45, 2.75) is 32.5 Å². The van der Waals surface area contributed by atoms with Gasteiger partial charge in [-0.2, -0.15) is 4.39 Å². The van der Waals surface area contributed by atoms with Gasteiger partial charge in [-0.1, -0.05) is 11.6 Å². The zero-order valence-electron chi connectivity index (χ0n) is 19.3. The Bertz CT molecular complexity index is 1370. The number of carbonyl (C=O) groups excluding carboxylic acids is 1. The third-order valence-electron chi connectivity index (χ3n) is 4.89. The number of hydrogen-bond donors (Lipinski definition) is 2. The van der Waals surface area contributed by atoms with Crippen molar-refractivity contribution < 1.29 is 23.8 Å². The van der Waals surface area contributed by atoms with Crippen molar-refractivity contribution in [1.82, 2.24) is 24.9 Å². The molecular formula is C23H22ClFN6O4. The Balaban J connectivity index is 1.74. The number of aromatic amines is 1. The van der Waals surface area contributed by atoms with Crippen LogP contribution >= 0.6 is 11.6 Å². The van der Waals surface area contributed by atoms with Gasteiger partial charge in [0.1, 0.15) is 34.7 Å². The summed E-state index contributed by atoms with van der Waals surface area (Å²) in [4.78, 5) is 33.0. The number of methoxy groups -OCH3 is 1. The topological polar surface area (TPSA) is 126 Å². The molecule has 0 fully saturated rings. The van der Waals surface area contributed by atoms with Crippen LogP contribution in [0.3, 0.4) is 0 Å². The number of ether oxygens (including phenoxy) is 2. The van der Waals surface area contributed by atoms with E-state index in [0.29, 0.717) is 16.6 Å². The maximum atomic E-state index is 15.3. The van der Waals surface area contributed by atoms with E-state index >= 15 is 4.39 Å². The number of aliphatic hydroxyl groups excluding tert-OH is 1. The number of anilines is 2. The smallest absolute Gasteiger partial charge is 0.420 e. The van der Waals surface area contributed by atoms with Crippen LogP contribution in [0.25, 0.3) is 11.0 Å². The number of hydrogen-bond acceptors (Lipinski definition) is 8. The number of fused-ring (bicyclic) bond motifs is 1. The lowest BCUT2D eigenvalue weighted by molar-refractivity contribution is 0.0598. The molecule has 182 valence electrons.